The van der Waals surface area contributed by atoms with E-state index in [9.17, 15) is 9.59 Å². The summed E-state index contributed by atoms with van der Waals surface area (Å²) in [6.07, 6.45) is 4.67. The number of fused-ring (bicyclic) bond motifs is 1. The van der Waals surface area contributed by atoms with Gasteiger partial charge in [0.05, 0.1) is 12.2 Å². The Morgan fingerprint density at radius 3 is 3.04 bits per heavy atom. The first-order chi connectivity index (χ1) is 11.2. The minimum atomic E-state index is -0.134. The molecular formula is C15H17N5O2S. The van der Waals surface area contributed by atoms with Crippen LogP contribution >= 0.6 is 11.3 Å². The van der Waals surface area contributed by atoms with Crippen molar-refractivity contribution in [1.82, 2.24) is 19.7 Å². The van der Waals surface area contributed by atoms with Crippen LogP contribution < -0.4 is 10.9 Å². The van der Waals surface area contributed by atoms with Crippen LogP contribution in [-0.2, 0) is 19.4 Å². The number of amides is 2. The molecule has 2 amide bonds. The monoisotopic (exact) mass is 331 g/mol. The van der Waals surface area contributed by atoms with E-state index in [0.29, 0.717) is 24.8 Å². The van der Waals surface area contributed by atoms with Crippen LogP contribution in [0.2, 0.25) is 0 Å². The standard InChI is InChI=1S/C15H17N5O2S/c21-13-6-11-2-1-3-12(11)18-20(13)9-10-7-19(8-10)15(22)17-14-16-4-5-23-14/h4-6,10H,1-3,7-9H2,(H,16,17,22). The Kier molecular flexibility index (Phi) is 3.60. The summed E-state index contributed by atoms with van der Waals surface area (Å²) in [6.45, 7) is 1.86. The van der Waals surface area contributed by atoms with Gasteiger partial charge in [-0.1, -0.05) is 0 Å². The maximum Gasteiger partial charge on any atom is 0.323 e. The molecule has 0 aromatic carbocycles. The molecule has 2 aromatic rings. The lowest BCUT2D eigenvalue weighted by atomic mass is 10.0. The van der Waals surface area contributed by atoms with Gasteiger partial charge >= 0.3 is 6.03 Å². The van der Waals surface area contributed by atoms with Gasteiger partial charge in [-0.2, -0.15) is 5.10 Å². The maximum atomic E-state index is 12.1. The van der Waals surface area contributed by atoms with Crippen LogP contribution in [0, 0.1) is 5.92 Å². The van der Waals surface area contributed by atoms with Crippen molar-refractivity contribution in [2.45, 2.75) is 25.8 Å². The van der Waals surface area contributed by atoms with Crippen LogP contribution in [0.5, 0.6) is 0 Å². The number of urea groups is 1. The van der Waals surface area contributed by atoms with Crippen molar-refractivity contribution < 1.29 is 4.79 Å². The number of hydrogen-bond donors (Lipinski definition) is 1. The van der Waals surface area contributed by atoms with E-state index in [4.69, 9.17) is 0 Å². The highest BCUT2D eigenvalue weighted by atomic mass is 32.1. The molecule has 2 aliphatic rings. The lowest BCUT2D eigenvalue weighted by molar-refractivity contribution is 0.116. The number of aromatic nitrogens is 3. The molecule has 1 N–H and O–H groups in total. The average Bonchev–Trinajstić information content (AvgIpc) is 3.13. The third-order valence-electron chi connectivity index (χ3n) is 4.35. The summed E-state index contributed by atoms with van der Waals surface area (Å²) in [6, 6.07) is 1.59. The van der Waals surface area contributed by atoms with Crippen LogP contribution in [0.25, 0.3) is 0 Å². The molecule has 0 unspecified atom stereocenters. The van der Waals surface area contributed by atoms with Gasteiger partial charge in [-0.25, -0.2) is 14.5 Å². The first-order valence-corrected chi connectivity index (χ1v) is 8.62. The SMILES string of the molecule is O=C(Nc1nccs1)N1CC(Cn2nc3c(cc2=O)CCC3)C1. The number of carbonyl (C=O) groups excluding carboxylic acids is 1. The molecule has 2 aromatic heterocycles. The topological polar surface area (TPSA) is 80.1 Å². The summed E-state index contributed by atoms with van der Waals surface area (Å²) >= 11 is 1.39. The van der Waals surface area contributed by atoms with Crippen LogP contribution in [0.15, 0.2) is 22.4 Å². The number of aryl methyl sites for hydroxylation is 2. The summed E-state index contributed by atoms with van der Waals surface area (Å²) in [5.74, 6) is 0.279. The lowest BCUT2D eigenvalue weighted by Gasteiger charge is -2.38. The number of carbonyl (C=O) groups is 1. The van der Waals surface area contributed by atoms with E-state index in [0.717, 1.165) is 30.5 Å². The molecule has 7 nitrogen and oxygen atoms in total. The van der Waals surface area contributed by atoms with Crippen LogP contribution in [0.1, 0.15) is 17.7 Å². The highest BCUT2D eigenvalue weighted by molar-refractivity contribution is 7.13. The zero-order valence-electron chi connectivity index (χ0n) is 12.6. The molecule has 0 radical (unpaired) electrons. The van der Waals surface area contributed by atoms with Gasteiger partial charge in [0, 0.05) is 36.7 Å². The fourth-order valence-electron chi connectivity index (χ4n) is 3.12. The predicted octanol–water partition coefficient (Wildman–Crippen LogP) is 1.35. The number of nitrogens with one attached hydrogen (secondary N) is 1. The Balaban J connectivity index is 1.34. The number of thiazole rings is 1. The van der Waals surface area contributed by atoms with Crippen molar-refractivity contribution in [2.24, 2.45) is 5.92 Å². The second kappa shape index (κ2) is 5.77. The van der Waals surface area contributed by atoms with Gasteiger partial charge in [0.15, 0.2) is 5.13 Å². The molecule has 1 saturated heterocycles. The Morgan fingerprint density at radius 1 is 1.39 bits per heavy atom. The highest BCUT2D eigenvalue weighted by Gasteiger charge is 2.31. The maximum absolute atomic E-state index is 12.1. The van der Waals surface area contributed by atoms with Crippen molar-refractivity contribution in [3.63, 3.8) is 0 Å². The van der Waals surface area contributed by atoms with Gasteiger partial charge in [-0.05, 0) is 24.8 Å². The van der Waals surface area contributed by atoms with Crippen molar-refractivity contribution >= 4 is 22.5 Å². The molecule has 23 heavy (non-hydrogen) atoms. The summed E-state index contributed by atoms with van der Waals surface area (Å²) in [7, 11) is 0. The van der Waals surface area contributed by atoms with Gasteiger partial charge in [0.1, 0.15) is 0 Å². The molecule has 1 fully saturated rings. The number of anilines is 1. The van der Waals surface area contributed by atoms with Gasteiger partial charge in [0.25, 0.3) is 5.56 Å². The van der Waals surface area contributed by atoms with Crippen molar-refractivity contribution in [3.05, 3.63) is 39.3 Å². The average molecular weight is 331 g/mol. The molecule has 3 heterocycles. The van der Waals surface area contributed by atoms with E-state index in [1.807, 2.05) is 5.38 Å². The molecule has 120 valence electrons. The fourth-order valence-corrected chi connectivity index (χ4v) is 3.64. The predicted molar refractivity (Wildman–Crippen MR) is 86.7 cm³/mol. The smallest absolute Gasteiger partial charge is 0.323 e. The molecular weight excluding hydrogens is 314 g/mol. The van der Waals surface area contributed by atoms with E-state index >= 15 is 0 Å². The Morgan fingerprint density at radius 2 is 2.26 bits per heavy atom. The molecule has 8 heteroatoms. The van der Waals surface area contributed by atoms with Crippen LogP contribution in [-0.4, -0.2) is 38.8 Å². The minimum Gasteiger partial charge on any atom is -0.324 e. The normalized spacial score (nSPS) is 17.0. The van der Waals surface area contributed by atoms with Crippen molar-refractivity contribution in [3.8, 4) is 0 Å². The van der Waals surface area contributed by atoms with E-state index in [1.54, 1.807) is 21.8 Å². The summed E-state index contributed by atoms with van der Waals surface area (Å²) < 4.78 is 1.56. The van der Waals surface area contributed by atoms with Gasteiger partial charge in [0.2, 0.25) is 0 Å². The molecule has 0 atom stereocenters. The summed E-state index contributed by atoms with van der Waals surface area (Å²) in [5.41, 5.74) is 2.13. The number of hydrogen-bond acceptors (Lipinski definition) is 5. The Bertz CT molecular complexity index is 780. The van der Waals surface area contributed by atoms with E-state index in [1.165, 1.54) is 11.3 Å². The zero-order valence-corrected chi connectivity index (χ0v) is 13.4. The molecule has 1 aliphatic heterocycles. The minimum absolute atomic E-state index is 0.0312. The molecule has 0 saturated carbocycles. The summed E-state index contributed by atoms with van der Waals surface area (Å²) in [4.78, 5) is 29.9. The second-order valence-corrected chi connectivity index (χ2v) is 6.92. The third kappa shape index (κ3) is 2.86. The molecule has 1 aliphatic carbocycles. The molecule has 0 spiro atoms. The Labute approximate surface area is 137 Å². The summed E-state index contributed by atoms with van der Waals surface area (Å²) in [5, 5.41) is 9.67. The highest BCUT2D eigenvalue weighted by Crippen LogP contribution is 2.21. The van der Waals surface area contributed by atoms with E-state index in [2.05, 4.69) is 15.4 Å². The quantitative estimate of drug-likeness (QED) is 0.921. The van der Waals surface area contributed by atoms with Crippen LogP contribution in [0.4, 0.5) is 9.93 Å². The fraction of sp³-hybridized carbons (Fsp3) is 0.467. The second-order valence-electron chi connectivity index (χ2n) is 6.03. The van der Waals surface area contributed by atoms with Crippen LogP contribution in [0.3, 0.4) is 0 Å². The third-order valence-corrected chi connectivity index (χ3v) is 5.03. The Hall–Kier alpha value is -2.22. The lowest BCUT2D eigenvalue weighted by Crippen LogP contribution is -2.53. The number of nitrogens with zero attached hydrogens (tertiary/aromatic N) is 4. The first kappa shape index (κ1) is 14.4. The van der Waals surface area contributed by atoms with Gasteiger partial charge < -0.3 is 4.90 Å². The van der Waals surface area contributed by atoms with Gasteiger partial charge in [-0.15, -0.1) is 11.3 Å². The van der Waals surface area contributed by atoms with Gasteiger partial charge in [-0.3, -0.25) is 10.1 Å². The van der Waals surface area contributed by atoms with E-state index < -0.39 is 0 Å². The largest absolute Gasteiger partial charge is 0.324 e. The van der Waals surface area contributed by atoms with E-state index in [-0.39, 0.29) is 17.5 Å². The molecule has 0 bridgehead atoms. The van der Waals surface area contributed by atoms with Crippen molar-refractivity contribution in [1.29, 1.82) is 0 Å². The zero-order chi connectivity index (χ0) is 15.8. The number of likely N-dealkylation sites (tertiary alicyclic amines) is 1. The number of rotatable bonds is 3. The first-order valence-electron chi connectivity index (χ1n) is 7.74. The molecule has 4 rings (SSSR count). The van der Waals surface area contributed by atoms with Crippen molar-refractivity contribution in [2.75, 3.05) is 18.4 Å².